The quantitative estimate of drug-likeness (QED) is 0.594. The van der Waals surface area contributed by atoms with Crippen LogP contribution in [0.2, 0.25) is 0 Å². The first-order chi connectivity index (χ1) is 7.20. The van der Waals surface area contributed by atoms with Crippen molar-refractivity contribution in [3.05, 3.63) is 39.4 Å². The second-order valence-corrected chi connectivity index (χ2v) is 3.95. The van der Waals surface area contributed by atoms with Crippen LogP contribution in [0.5, 0.6) is 0 Å². The molecule has 0 saturated carbocycles. The molecule has 4 heteroatoms. The van der Waals surface area contributed by atoms with Gasteiger partial charge in [0.2, 0.25) is 0 Å². The summed E-state index contributed by atoms with van der Waals surface area (Å²) in [5.74, 6) is 0.298. The van der Waals surface area contributed by atoms with Crippen LogP contribution in [0.1, 0.15) is 23.5 Å². The van der Waals surface area contributed by atoms with Gasteiger partial charge in [-0.25, -0.2) is 0 Å². The summed E-state index contributed by atoms with van der Waals surface area (Å²) in [5, 5.41) is 14.2. The van der Waals surface area contributed by atoms with Crippen LogP contribution in [0.15, 0.2) is 18.2 Å². The zero-order chi connectivity index (χ0) is 10.8. The highest BCUT2D eigenvalue weighted by Crippen LogP contribution is 2.32. The summed E-state index contributed by atoms with van der Waals surface area (Å²) in [7, 11) is 0. The standard InChI is InChI=1S/C11H14N2O2/c1-8-3-2-4-10(13(14)15)11(8)9-5-6-12-7-9/h2-4,9,12H,5-7H2,1H3. The molecule has 80 valence electrons. The average molecular weight is 206 g/mol. The van der Waals surface area contributed by atoms with E-state index in [0.717, 1.165) is 30.6 Å². The average Bonchev–Trinajstić information content (AvgIpc) is 2.70. The number of nitro benzene ring substituents is 1. The van der Waals surface area contributed by atoms with E-state index in [0.29, 0.717) is 5.92 Å². The molecule has 0 radical (unpaired) electrons. The fourth-order valence-electron chi connectivity index (χ4n) is 2.26. The van der Waals surface area contributed by atoms with Gasteiger partial charge >= 0.3 is 0 Å². The lowest BCUT2D eigenvalue weighted by Gasteiger charge is -2.12. The van der Waals surface area contributed by atoms with E-state index in [1.807, 2.05) is 13.0 Å². The van der Waals surface area contributed by atoms with E-state index in [1.54, 1.807) is 12.1 Å². The molecule has 1 aliphatic rings. The molecule has 0 bridgehead atoms. The molecule has 1 fully saturated rings. The molecule has 1 atom stereocenters. The first-order valence-corrected chi connectivity index (χ1v) is 5.15. The minimum absolute atomic E-state index is 0.267. The van der Waals surface area contributed by atoms with E-state index in [4.69, 9.17) is 0 Å². The van der Waals surface area contributed by atoms with E-state index in [9.17, 15) is 10.1 Å². The van der Waals surface area contributed by atoms with E-state index in [1.165, 1.54) is 0 Å². The Hall–Kier alpha value is -1.42. The van der Waals surface area contributed by atoms with Crippen molar-refractivity contribution in [1.29, 1.82) is 0 Å². The Labute approximate surface area is 88.5 Å². The Morgan fingerprint density at radius 1 is 1.53 bits per heavy atom. The van der Waals surface area contributed by atoms with Gasteiger partial charge in [-0.1, -0.05) is 12.1 Å². The molecule has 1 saturated heterocycles. The molecular formula is C11H14N2O2. The molecule has 4 nitrogen and oxygen atoms in total. The molecule has 15 heavy (non-hydrogen) atoms. The Balaban J connectivity index is 2.46. The number of rotatable bonds is 2. The third kappa shape index (κ3) is 1.85. The number of nitrogens with one attached hydrogen (secondary N) is 1. The predicted molar refractivity (Wildman–Crippen MR) is 58.1 cm³/mol. The Kier molecular flexibility index (Phi) is 2.68. The van der Waals surface area contributed by atoms with E-state index < -0.39 is 0 Å². The van der Waals surface area contributed by atoms with E-state index >= 15 is 0 Å². The highest BCUT2D eigenvalue weighted by Gasteiger charge is 2.26. The maximum Gasteiger partial charge on any atom is 0.273 e. The fraction of sp³-hybridized carbons (Fsp3) is 0.455. The molecule has 1 aliphatic heterocycles. The second kappa shape index (κ2) is 3.98. The topological polar surface area (TPSA) is 55.2 Å². The molecule has 0 aromatic heterocycles. The predicted octanol–water partition coefficient (Wildman–Crippen LogP) is 1.98. The van der Waals surface area contributed by atoms with Gasteiger partial charge in [-0.2, -0.15) is 0 Å². The summed E-state index contributed by atoms with van der Waals surface area (Å²) < 4.78 is 0. The maximum atomic E-state index is 10.9. The first-order valence-electron chi connectivity index (χ1n) is 5.15. The zero-order valence-electron chi connectivity index (χ0n) is 8.69. The highest BCUT2D eigenvalue weighted by atomic mass is 16.6. The normalized spacial score (nSPS) is 20.5. The summed E-state index contributed by atoms with van der Waals surface area (Å²) in [5.41, 5.74) is 2.20. The van der Waals surface area contributed by atoms with Gasteiger partial charge in [0.1, 0.15) is 0 Å². The van der Waals surface area contributed by atoms with Crippen molar-refractivity contribution < 1.29 is 4.92 Å². The summed E-state index contributed by atoms with van der Waals surface area (Å²) in [4.78, 5) is 10.6. The summed E-state index contributed by atoms with van der Waals surface area (Å²) >= 11 is 0. The number of nitro groups is 1. The van der Waals surface area contributed by atoms with Gasteiger partial charge in [-0.15, -0.1) is 0 Å². The number of hydrogen-bond donors (Lipinski definition) is 1. The van der Waals surface area contributed by atoms with Crippen molar-refractivity contribution in [2.75, 3.05) is 13.1 Å². The van der Waals surface area contributed by atoms with E-state index in [2.05, 4.69) is 5.32 Å². The SMILES string of the molecule is Cc1cccc([N+](=O)[O-])c1C1CCNC1. The second-order valence-electron chi connectivity index (χ2n) is 3.95. The minimum atomic E-state index is -0.277. The molecular weight excluding hydrogens is 192 g/mol. The summed E-state index contributed by atoms with van der Waals surface area (Å²) in [6.45, 7) is 3.75. The molecule has 2 rings (SSSR count). The molecule has 1 aromatic rings. The zero-order valence-corrected chi connectivity index (χ0v) is 8.69. The number of nitrogens with zero attached hydrogens (tertiary/aromatic N) is 1. The van der Waals surface area contributed by atoms with Crippen LogP contribution >= 0.6 is 0 Å². The van der Waals surface area contributed by atoms with Crippen molar-refractivity contribution in [2.45, 2.75) is 19.3 Å². The minimum Gasteiger partial charge on any atom is -0.316 e. The van der Waals surface area contributed by atoms with Gasteiger partial charge < -0.3 is 5.32 Å². The summed E-state index contributed by atoms with van der Waals surface area (Å²) in [6.07, 6.45) is 0.992. The first kappa shape index (κ1) is 10.1. The molecule has 1 N–H and O–H groups in total. The van der Waals surface area contributed by atoms with Crippen LogP contribution in [-0.4, -0.2) is 18.0 Å². The van der Waals surface area contributed by atoms with Gasteiger partial charge in [0.15, 0.2) is 0 Å². The highest BCUT2D eigenvalue weighted by molar-refractivity contribution is 5.47. The van der Waals surface area contributed by atoms with Gasteiger partial charge in [0.25, 0.3) is 5.69 Å². The Morgan fingerprint density at radius 3 is 2.93 bits per heavy atom. The third-order valence-corrected chi connectivity index (χ3v) is 2.97. The van der Waals surface area contributed by atoms with Gasteiger partial charge in [0, 0.05) is 24.1 Å². The summed E-state index contributed by atoms with van der Waals surface area (Å²) in [6, 6.07) is 5.29. The fourth-order valence-corrected chi connectivity index (χ4v) is 2.26. The molecule has 1 aromatic carbocycles. The lowest BCUT2D eigenvalue weighted by molar-refractivity contribution is -0.385. The monoisotopic (exact) mass is 206 g/mol. The van der Waals surface area contributed by atoms with Crippen molar-refractivity contribution >= 4 is 5.69 Å². The van der Waals surface area contributed by atoms with Crippen LogP contribution in [0.25, 0.3) is 0 Å². The largest absolute Gasteiger partial charge is 0.316 e. The van der Waals surface area contributed by atoms with E-state index in [-0.39, 0.29) is 10.6 Å². The van der Waals surface area contributed by atoms with Crippen molar-refractivity contribution in [2.24, 2.45) is 0 Å². The van der Waals surface area contributed by atoms with Gasteiger partial charge in [-0.3, -0.25) is 10.1 Å². The van der Waals surface area contributed by atoms with Crippen molar-refractivity contribution in [3.63, 3.8) is 0 Å². The number of hydrogen-bond acceptors (Lipinski definition) is 3. The molecule has 0 aliphatic carbocycles. The lowest BCUT2D eigenvalue weighted by Crippen LogP contribution is -2.10. The molecule has 0 spiro atoms. The van der Waals surface area contributed by atoms with Gasteiger partial charge in [0.05, 0.1) is 4.92 Å². The Morgan fingerprint density at radius 2 is 2.33 bits per heavy atom. The lowest BCUT2D eigenvalue weighted by atomic mass is 9.92. The van der Waals surface area contributed by atoms with Crippen molar-refractivity contribution in [1.82, 2.24) is 5.32 Å². The van der Waals surface area contributed by atoms with Crippen LogP contribution in [-0.2, 0) is 0 Å². The number of benzene rings is 1. The smallest absolute Gasteiger partial charge is 0.273 e. The van der Waals surface area contributed by atoms with Crippen LogP contribution in [0.4, 0.5) is 5.69 Å². The number of aryl methyl sites for hydroxylation is 1. The Bertz CT molecular complexity index is 384. The van der Waals surface area contributed by atoms with Crippen LogP contribution in [0, 0.1) is 17.0 Å². The molecule has 1 heterocycles. The molecule has 1 unspecified atom stereocenters. The van der Waals surface area contributed by atoms with Crippen LogP contribution < -0.4 is 5.32 Å². The molecule has 0 amide bonds. The van der Waals surface area contributed by atoms with Crippen LogP contribution in [0.3, 0.4) is 0 Å². The third-order valence-electron chi connectivity index (χ3n) is 2.97. The maximum absolute atomic E-state index is 10.9. The van der Waals surface area contributed by atoms with Gasteiger partial charge in [-0.05, 0) is 25.5 Å². The van der Waals surface area contributed by atoms with Crippen molar-refractivity contribution in [3.8, 4) is 0 Å².